The summed E-state index contributed by atoms with van der Waals surface area (Å²) in [6, 6.07) is 80.7. The van der Waals surface area contributed by atoms with Gasteiger partial charge in [0.25, 0.3) is 0 Å². The van der Waals surface area contributed by atoms with Crippen molar-refractivity contribution < 1.29 is 21.2 Å². The zero-order valence-corrected chi connectivity index (χ0v) is 33.2. The number of hydrogen-bond acceptors (Lipinski definition) is 0. The Balaban J connectivity index is 0.882. The number of halogens is 1. The molecule has 0 atom stereocenters. The van der Waals surface area contributed by atoms with Crippen molar-refractivity contribution in [2.24, 2.45) is 0 Å². The first kappa shape index (κ1) is 35.2. The third-order valence-corrected chi connectivity index (χ3v) is 16.2. The molecule has 0 amide bonds. The molecule has 0 saturated carbocycles. The van der Waals surface area contributed by atoms with Crippen LogP contribution in [0.1, 0.15) is 22.3 Å². The van der Waals surface area contributed by atoms with Crippen LogP contribution in [0.15, 0.2) is 248 Å². The maximum absolute atomic E-state index is 2.34. The van der Waals surface area contributed by atoms with Crippen molar-refractivity contribution in [3.05, 3.63) is 248 Å². The van der Waals surface area contributed by atoms with Gasteiger partial charge in [0.2, 0.25) is 0 Å². The van der Waals surface area contributed by atoms with Crippen molar-refractivity contribution in [1.29, 1.82) is 0 Å². The molecule has 0 aromatic heterocycles. The summed E-state index contributed by atoms with van der Waals surface area (Å²) in [6.45, 7) is 0. The Morgan fingerprint density at radius 1 is 0.245 bits per heavy atom. The summed E-state index contributed by atoms with van der Waals surface area (Å²) in [5.74, 6) is 0. The van der Waals surface area contributed by atoms with Gasteiger partial charge >= 0.3 is 260 Å². The maximum atomic E-state index is 2.34. The summed E-state index contributed by atoms with van der Waals surface area (Å²) in [6.07, 6.45) is 1.89. The van der Waals surface area contributed by atoms with Crippen molar-refractivity contribution in [1.82, 2.24) is 0 Å². The number of benzene rings is 8. The van der Waals surface area contributed by atoms with Crippen LogP contribution in [0.25, 0.3) is 0 Å². The average Bonchev–Trinajstić information content (AvgIpc) is 3.22. The van der Waals surface area contributed by atoms with Gasteiger partial charge in [0.1, 0.15) is 0 Å². The molecule has 0 radical (unpaired) electrons. The molecule has 0 spiro atoms. The standard InChI is InChI=1S/C50H40IS2/c1-5-13-45(14-6-1)52(46-15-7-2-8-16-46)49-33-25-41(26-34-49)37-39-21-29-43(30-22-39)51-44-31-23-40(24-32-44)38-42-27-35-50(36-28-42)53(47-17-9-3-10-18-47)48-19-11-4-12-20-48/h1-36H,37-38H2/q+1. The molecular weight excluding hydrogens is 792 g/mol. The second-order valence-corrected chi connectivity index (χ2v) is 19.9. The van der Waals surface area contributed by atoms with Crippen LogP contribution in [0.4, 0.5) is 0 Å². The average molecular weight is 832 g/mol. The molecule has 8 aromatic rings. The van der Waals surface area contributed by atoms with E-state index < -0.39 is 0 Å². The van der Waals surface area contributed by atoms with Gasteiger partial charge in [-0.15, -0.1) is 0 Å². The Kier molecular flexibility index (Phi) is 11.5. The monoisotopic (exact) mass is 831 g/mol. The van der Waals surface area contributed by atoms with E-state index in [1.54, 1.807) is 0 Å². The summed E-state index contributed by atoms with van der Waals surface area (Å²) in [5.41, 5.74) is 5.41. The Morgan fingerprint density at radius 2 is 0.472 bits per heavy atom. The van der Waals surface area contributed by atoms with Crippen LogP contribution in [0.2, 0.25) is 0 Å². The molecule has 0 unspecified atom stereocenters. The molecule has 8 rings (SSSR count). The van der Waals surface area contributed by atoms with E-state index in [4.69, 9.17) is 0 Å². The fraction of sp³-hybridized carbons (Fsp3) is 0.0400. The van der Waals surface area contributed by atoms with Gasteiger partial charge in [-0.25, -0.2) is 0 Å². The first-order valence-corrected chi connectivity index (χ1v) is 22.6. The van der Waals surface area contributed by atoms with Gasteiger partial charge in [-0.2, -0.15) is 0 Å². The van der Waals surface area contributed by atoms with Gasteiger partial charge in [-0.1, -0.05) is 72.8 Å². The fourth-order valence-electron chi connectivity index (χ4n) is 6.46. The summed E-state index contributed by atoms with van der Waals surface area (Å²) in [4.78, 5) is 8.10. The van der Waals surface area contributed by atoms with Gasteiger partial charge in [0.15, 0.2) is 0 Å². The predicted octanol–water partition coefficient (Wildman–Crippen LogP) is 9.19. The molecule has 0 aliphatic rings. The number of rotatable bonds is 12. The molecule has 0 nitrogen and oxygen atoms in total. The van der Waals surface area contributed by atoms with Crippen molar-refractivity contribution >= 4 is 21.8 Å². The van der Waals surface area contributed by atoms with E-state index in [0.717, 1.165) is 12.8 Å². The van der Waals surface area contributed by atoms with Crippen LogP contribution in [-0.2, 0) is 34.6 Å². The summed E-state index contributed by atoms with van der Waals surface area (Å²) >= 11 is -0.230. The van der Waals surface area contributed by atoms with Crippen molar-refractivity contribution in [3.8, 4) is 0 Å². The molecule has 0 fully saturated rings. The van der Waals surface area contributed by atoms with Crippen LogP contribution in [0.3, 0.4) is 0 Å². The van der Waals surface area contributed by atoms with E-state index in [-0.39, 0.29) is 43.0 Å². The van der Waals surface area contributed by atoms with E-state index >= 15 is 0 Å². The topological polar surface area (TPSA) is 0 Å². The van der Waals surface area contributed by atoms with Gasteiger partial charge in [-0.05, 0) is 0 Å². The molecule has 0 aliphatic carbocycles. The minimum Gasteiger partial charge on any atom is -0.0572 e. The van der Waals surface area contributed by atoms with Crippen LogP contribution in [-0.4, -0.2) is 0 Å². The van der Waals surface area contributed by atoms with E-state index in [0.29, 0.717) is 0 Å². The molecule has 0 saturated heterocycles. The third-order valence-electron chi connectivity index (χ3n) is 9.09. The number of hydrogen-bond donors (Lipinski definition) is 0. The smallest absolute Gasteiger partial charge is 0.0572 e. The zero-order valence-electron chi connectivity index (χ0n) is 29.4. The van der Waals surface area contributed by atoms with Gasteiger partial charge in [0, 0.05) is 0 Å². The predicted molar refractivity (Wildman–Crippen MR) is 219 cm³/mol. The van der Waals surface area contributed by atoms with E-state index in [2.05, 4.69) is 218 Å². The van der Waals surface area contributed by atoms with E-state index in [1.807, 2.05) is 0 Å². The van der Waals surface area contributed by atoms with Crippen molar-refractivity contribution in [2.45, 2.75) is 42.2 Å². The van der Waals surface area contributed by atoms with Gasteiger partial charge in [-0.3, -0.25) is 0 Å². The molecule has 0 N–H and O–H groups in total. The molecule has 0 heterocycles. The normalized spacial score (nSPS) is 11.3. The minimum atomic E-state index is -0.230. The van der Waals surface area contributed by atoms with Crippen LogP contribution >= 0.6 is 0 Å². The summed E-state index contributed by atoms with van der Waals surface area (Å²) in [7, 11) is -0.231. The molecule has 0 bridgehead atoms. The Bertz CT molecular complexity index is 2060. The summed E-state index contributed by atoms with van der Waals surface area (Å²) in [5, 5.41) is 0. The fourth-order valence-corrected chi connectivity index (χ4v) is 12.8. The Hall–Kier alpha value is -4.81. The van der Waals surface area contributed by atoms with Crippen LogP contribution in [0, 0.1) is 7.14 Å². The molecule has 258 valence electrons. The molecule has 3 heteroatoms. The van der Waals surface area contributed by atoms with Gasteiger partial charge < -0.3 is 0 Å². The zero-order chi connectivity index (χ0) is 35.7. The third kappa shape index (κ3) is 9.05. The quantitative estimate of drug-likeness (QED) is 0.0852. The first-order valence-electron chi connectivity index (χ1n) is 17.9. The first-order chi connectivity index (χ1) is 26.2. The van der Waals surface area contributed by atoms with Crippen LogP contribution < -0.4 is 21.2 Å². The SMILES string of the molecule is c1ccc([S+](c2ccccc2)c2ccc(Cc3ccc([I-]c4ccc(Cc5ccc([S+](c6ccccc6)c6ccccc6)cc5)cc4)cc3)cc2)cc1. The second kappa shape index (κ2) is 17.3. The van der Waals surface area contributed by atoms with E-state index in [1.165, 1.54) is 58.8 Å². The van der Waals surface area contributed by atoms with E-state index in [9.17, 15) is 0 Å². The van der Waals surface area contributed by atoms with Crippen LogP contribution in [0.5, 0.6) is 0 Å². The Morgan fingerprint density at radius 3 is 0.736 bits per heavy atom. The van der Waals surface area contributed by atoms with Crippen molar-refractivity contribution in [3.63, 3.8) is 0 Å². The summed E-state index contributed by atoms with van der Waals surface area (Å²) < 4.78 is 2.90. The van der Waals surface area contributed by atoms with Gasteiger partial charge in [0.05, 0.1) is 0 Å². The Labute approximate surface area is 330 Å². The molecule has 8 aromatic carbocycles. The van der Waals surface area contributed by atoms with Crippen molar-refractivity contribution in [2.75, 3.05) is 0 Å². The molecule has 0 aliphatic heterocycles. The second-order valence-electron chi connectivity index (χ2n) is 12.9. The minimum absolute atomic E-state index is 0.115. The molecular formula is C50H40IS2+. The molecule has 53 heavy (non-hydrogen) atoms.